The van der Waals surface area contributed by atoms with Crippen LogP contribution in [0.5, 0.6) is 0 Å². The Morgan fingerprint density at radius 1 is 1.24 bits per heavy atom. The third-order valence-corrected chi connectivity index (χ3v) is 3.48. The highest BCUT2D eigenvalue weighted by Crippen LogP contribution is 2.34. The van der Waals surface area contributed by atoms with E-state index in [2.05, 4.69) is 10.2 Å². The first-order chi connectivity index (χ1) is 9.51. The minimum absolute atomic E-state index is 0.145. The van der Waals surface area contributed by atoms with E-state index in [9.17, 15) is 26.0 Å². The number of nitrogens with zero attached hydrogens (tertiary/aromatic N) is 3. The zero-order chi connectivity index (χ0) is 16.0. The van der Waals surface area contributed by atoms with Gasteiger partial charge in [-0.05, 0) is 18.2 Å². The molecule has 0 aliphatic carbocycles. The molecule has 0 atom stereocenters. The Labute approximate surface area is 116 Å². The van der Waals surface area contributed by atoms with Gasteiger partial charge in [0.1, 0.15) is 5.82 Å². The highest BCUT2D eigenvalue weighted by atomic mass is 32.2. The number of halogens is 4. The Bertz CT molecular complexity index is 798. The molecule has 2 N–H and O–H groups in total. The van der Waals surface area contributed by atoms with Crippen molar-refractivity contribution >= 4 is 10.0 Å². The van der Waals surface area contributed by atoms with Gasteiger partial charge in [-0.25, -0.2) is 17.9 Å². The third-order valence-electron chi connectivity index (χ3n) is 2.62. The Kier molecular flexibility index (Phi) is 3.49. The maximum Gasteiger partial charge on any atom is 0.419 e. The fourth-order valence-corrected chi connectivity index (χ4v) is 2.32. The summed E-state index contributed by atoms with van der Waals surface area (Å²) in [5.41, 5.74) is -1.63. The zero-order valence-electron chi connectivity index (χ0n) is 10.4. The van der Waals surface area contributed by atoms with Gasteiger partial charge in [-0.15, -0.1) is 10.2 Å². The minimum Gasteiger partial charge on any atom is -0.300 e. The number of hydrogen-bond donors (Lipinski definition) is 1. The summed E-state index contributed by atoms with van der Waals surface area (Å²) in [6, 6.07) is 2.16. The van der Waals surface area contributed by atoms with Crippen LogP contribution in [0.3, 0.4) is 0 Å². The van der Waals surface area contributed by atoms with Gasteiger partial charge in [0.25, 0.3) is 15.2 Å². The summed E-state index contributed by atoms with van der Waals surface area (Å²) < 4.78 is 74.4. The van der Waals surface area contributed by atoms with Crippen LogP contribution in [0.2, 0.25) is 0 Å². The monoisotopic (exact) mass is 324 g/mol. The van der Waals surface area contributed by atoms with E-state index in [1.807, 2.05) is 0 Å². The molecule has 0 saturated heterocycles. The lowest BCUT2D eigenvalue weighted by atomic mass is 10.1. The molecule has 0 unspecified atom stereocenters. The molecule has 0 amide bonds. The molecule has 0 saturated carbocycles. The zero-order valence-corrected chi connectivity index (χ0v) is 11.2. The van der Waals surface area contributed by atoms with Gasteiger partial charge in [0.05, 0.1) is 5.56 Å². The normalized spacial score (nSPS) is 12.7. The van der Waals surface area contributed by atoms with E-state index < -0.39 is 32.7 Å². The van der Waals surface area contributed by atoms with Crippen LogP contribution in [-0.2, 0) is 23.2 Å². The molecule has 1 aromatic heterocycles. The lowest BCUT2D eigenvalue weighted by Crippen LogP contribution is -2.17. The van der Waals surface area contributed by atoms with Crippen molar-refractivity contribution < 1.29 is 26.0 Å². The van der Waals surface area contributed by atoms with Gasteiger partial charge < -0.3 is 0 Å². The van der Waals surface area contributed by atoms with Gasteiger partial charge in [0.2, 0.25) is 0 Å². The number of nitrogens with two attached hydrogens (primary N) is 1. The standard InChI is InChI=1S/C10H8F4N4O2S/c1-18-8(16-17-9(18)21(15,19)20)5-2-3-7(11)6(4-5)10(12,13)14/h2-4H,1H3,(H2,15,19,20). The van der Waals surface area contributed by atoms with Crippen molar-refractivity contribution in [2.24, 2.45) is 12.2 Å². The smallest absolute Gasteiger partial charge is 0.300 e. The van der Waals surface area contributed by atoms with E-state index in [4.69, 9.17) is 5.14 Å². The summed E-state index contributed by atoms with van der Waals surface area (Å²) in [4.78, 5) is 0. The van der Waals surface area contributed by atoms with E-state index in [1.165, 1.54) is 7.05 Å². The molecule has 21 heavy (non-hydrogen) atoms. The van der Waals surface area contributed by atoms with E-state index >= 15 is 0 Å². The average Bonchev–Trinajstić information content (AvgIpc) is 2.70. The van der Waals surface area contributed by atoms with Gasteiger partial charge in [-0.1, -0.05) is 0 Å². The van der Waals surface area contributed by atoms with Crippen LogP contribution >= 0.6 is 0 Å². The van der Waals surface area contributed by atoms with E-state index in [0.29, 0.717) is 12.1 Å². The third kappa shape index (κ3) is 2.88. The second-order valence-electron chi connectivity index (χ2n) is 4.10. The van der Waals surface area contributed by atoms with E-state index in [-0.39, 0.29) is 11.4 Å². The van der Waals surface area contributed by atoms with Gasteiger partial charge in [0, 0.05) is 12.6 Å². The number of aromatic nitrogens is 3. The predicted octanol–water partition coefficient (Wildman–Crippen LogP) is 1.29. The maximum atomic E-state index is 13.2. The van der Waals surface area contributed by atoms with Crippen molar-refractivity contribution in [3.05, 3.63) is 29.6 Å². The Balaban J connectivity index is 2.62. The van der Waals surface area contributed by atoms with Crippen LogP contribution in [0.25, 0.3) is 11.4 Å². The molecular weight excluding hydrogens is 316 g/mol. The van der Waals surface area contributed by atoms with Crippen LogP contribution in [0, 0.1) is 5.82 Å². The van der Waals surface area contributed by atoms with Gasteiger partial charge in [-0.2, -0.15) is 13.2 Å². The molecule has 2 rings (SSSR count). The van der Waals surface area contributed by atoms with Crippen LogP contribution in [-0.4, -0.2) is 23.2 Å². The lowest BCUT2D eigenvalue weighted by molar-refractivity contribution is -0.139. The van der Waals surface area contributed by atoms with Crippen LogP contribution in [0.4, 0.5) is 17.6 Å². The Morgan fingerprint density at radius 3 is 2.33 bits per heavy atom. The second kappa shape index (κ2) is 4.77. The van der Waals surface area contributed by atoms with Crippen LogP contribution in [0.15, 0.2) is 23.4 Å². The molecule has 0 fully saturated rings. The van der Waals surface area contributed by atoms with Crippen molar-refractivity contribution in [1.29, 1.82) is 0 Å². The summed E-state index contributed by atoms with van der Waals surface area (Å²) in [6.45, 7) is 0. The summed E-state index contributed by atoms with van der Waals surface area (Å²) in [7, 11) is -2.96. The number of alkyl halides is 3. The molecule has 114 valence electrons. The number of sulfonamides is 1. The summed E-state index contributed by atoms with van der Waals surface area (Å²) in [5, 5.41) is 11.0. The number of benzene rings is 1. The molecule has 0 aliphatic heterocycles. The molecule has 1 heterocycles. The molecular formula is C10H8F4N4O2S. The molecule has 0 spiro atoms. The number of rotatable bonds is 2. The topological polar surface area (TPSA) is 90.9 Å². The fraction of sp³-hybridized carbons (Fsp3) is 0.200. The predicted molar refractivity (Wildman–Crippen MR) is 62.8 cm³/mol. The van der Waals surface area contributed by atoms with Gasteiger partial charge >= 0.3 is 6.18 Å². The summed E-state index contributed by atoms with van der Waals surface area (Å²) in [6.07, 6.45) is -4.89. The maximum absolute atomic E-state index is 13.2. The first-order valence-corrected chi connectivity index (χ1v) is 6.86. The van der Waals surface area contributed by atoms with E-state index in [1.54, 1.807) is 0 Å². The van der Waals surface area contributed by atoms with Crippen molar-refractivity contribution in [1.82, 2.24) is 14.8 Å². The van der Waals surface area contributed by atoms with Crippen LogP contribution < -0.4 is 5.14 Å². The highest BCUT2D eigenvalue weighted by Gasteiger charge is 2.34. The van der Waals surface area contributed by atoms with Gasteiger partial charge in [-0.3, -0.25) is 4.57 Å². The molecule has 1 aromatic carbocycles. The van der Waals surface area contributed by atoms with Crippen LogP contribution in [0.1, 0.15) is 5.56 Å². The number of hydrogen-bond acceptors (Lipinski definition) is 4. The molecule has 2 aromatic rings. The molecule has 0 radical (unpaired) electrons. The molecule has 0 aliphatic rings. The van der Waals surface area contributed by atoms with E-state index in [0.717, 1.165) is 10.6 Å². The second-order valence-corrected chi connectivity index (χ2v) is 5.56. The quantitative estimate of drug-likeness (QED) is 0.843. The Hall–Kier alpha value is -2.01. The lowest BCUT2D eigenvalue weighted by Gasteiger charge is -2.10. The highest BCUT2D eigenvalue weighted by molar-refractivity contribution is 7.89. The fourth-order valence-electron chi connectivity index (χ4n) is 1.70. The van der Waals surface area contributed by atoms with Crippen molar-refractivity contribution in [2.75, 3.05) is 0 Å². The van der Waals surface area contributed by atoms with Gasteiger partial charge in [0.15, 0.2) is 5.82 Å². The van der Waals surface area contributed by atoms with Crippen molar-refractivity contribution in [2.45, 2.75) is 11.3 Å². The Morgan fingerprint density at radius 2 is 1.86 bits per heavy atom. The summed E-state index contributed by atoms with van der Waals surface area (Å²) >= 11 is 0. The number of primary sulfonamides is 1. The first-order valence-electron chi connectivity index (χ1n) is 5.31. The molecule has 6 nitrogen and oxygen atoms in total. The molecule has 0 bridgehead atoms. The average molecular weight is 324 g/mol. The molecule has 11 heteroatoms. The minimum atomic E-state index is -4.89. The first kappa shape index (κ1) is 15.4. The summed E-state index contributed by atoms with van der Waals surface area (Å²) in [5.74, 6) is -1.63. The largest absolute Gasteiger partial charge is 0.419 e. The van der Waals surface area contributed by atoms with Crippen molar-refractivity contribution in [3.8, 4) is 11.4 Å². The SMILES string of the molecule is Cn1c(-c2ccc(F)c(C(F)(F)F)c2)nnc1S(N)(=O)=O. The van der Waals surface area contributed by atoms with Crippen molar-refractivity contribution in [3.63, 3.8) is 0 Å².